The lowest BCUT2D eigenvalue weighted by Gasteiger charge is -2.50. The third kappa shape index (κ3) is 3.36. The molecular formula is C18H27N3O2. The molecule has 4 rings (SSSR count). The highest BCUT2D eigenvalue weighted by molar-refractivity contribution is 5.39. The molecule has 0 aromatic carbocycles. The van der Waals surface area contributed by atoms with E-state index in [1.807, 2.05) is 13.0 Å². The maximum atomic E-state index is 6.12. The Labute approximate surface area is 138 Å². The molecule has 0 unspecified atom stereocenters. The molecule has 3 heterocycles. The lowest BCUT2D eigenvalue weighted by atomic mass is 9.73. The van der Waals surface area contributed by atoms with E-state index in [1.165, 1.54) is 19.3 Å². The topological polar surface area (TPSA) is 47.5 Å². The molecule has 23 heavy (non-hydrogen) atoms. The number of hydrogen-bond acceptors (Lipinski definition) is 5. The molecular weight excluding hydrogens is 290 g/mol. The first-order valence-corrected chi connectivity index (χ1v) is 9.00. The Kier molecular flexibility index (Phi) is 4.24. The molecule has 2 atom stereocenters. The zero-order valence-corrected chi connectivity index (χ0v) is 14.0. The van der Waals surface area contributed by atoms with Crippen LogP contribution in [0.25, 0.3) is 0 Å². The summed E-state index contributed by atoms with van der Waals surface area (Å²) in [4.78, 5) is 2.37. The van der Waals surface area contributed by atoms with Gasteiger partial charge in [-0.3, -0.25) is 0 Å². The van der Waals surface area contributed by atoms with Gasteiger partial charge in [-0.25, -0.2) is 0 Å². The van der Waals surface area contributed by atoms with Crippen LogP contribution in [0, 0.1) is 18.3 Å². The number of aromatic nitrogens is 2. The predicted molar refractivity (Wildman–Crippen MR) is 88.5 cm³/mol. The van der Waals surface area contributed by atoms with Gasteiger partial charge in [0.2, 0.25) is 0 Å². The van der Waals surface area contributed by atoms with Gasteiger partial charge in [0.1, 0.15) is 0 Å². The Morgan fingerprint density at radius 1 is 1.30 bits per heavy atom. The van der Waals surface area contributed by atoms with Crippen LogP contribution in [0.2, 0.25) is 0 Å². The highest BCUT2D eigenvalue weighted by Crippen LogP contribution is 2.42. The second-order valence-electron chi connectivity index (χ2n) is 7.53. The van der Waals surface area contributed by atoms with Crippen LogP contribution in [0.4, 0.5) is 5.82 Å². The van der Waals surface area contributed by atoms with E-state index in [0.717, 1.165) is 63.2 Å². The van der Waals surface area contributed by atoms with Gasteiger partial charge in [0.15, 0.2) is 5.82 Å². The molecule has 0 spiro atoms. The van der Waals surface area contributed by atoms with Gasteiger partial charge >= 0.3 is 0 Å². The fraction of sp³-hybridized carbons (Fsp3) is 0.778. The highest BCUT2D eigenvalue weighted by Gasteiger charge is 2.46. The number of nitrogens with zero attached hydrogens (tertiary/aromatic N) is 3. The molecule has 2 saturated heterocycles. The summed E-state index contributed by atoms with van der Waals surface area (Å²) < 4.78 is 12.2. The van der Waals surface area contributed by atoms with Crippen molar-refractivity contribution in [2.75, 3.05) is 37.8 Å². The van der Waals surface area contributed by atoms with Gasteiger partial charge in [0.05, 0.1) is 18.4 Å². The molecule has 0 N–H and O–H groups in total. The number of ether oxygens (including phenoxy) is 2. The van der Waals surface area contributed by atoms with Gasteiger partial charge in [0, 0.05) is 31.7 Å². The van der Waals surface area contributed by atoms with Crippen LogP contribution in [0.5, 0.6) is 0 Å². The van der Waals surface area contributed by atoms with Crippen LogP contribution in [0.1, 0.15) is 37.8 Å². The standard InChI is InChI=1S/C18H27N3O2/c1-14-3-6-17(20-19-14)21-9-7-16-18(12-21,8-2-10-23-16)13-22-11-15-4-5-15/h3,6,15-16H,2,4-5,7-13H2,1H3/t16-,18-/m1/s1. The molecule has 0 bridgehead atoms. The molecule has 126 valence electrons. The second-order valence-corrected chi connectivity index (χ2v) is 7.53. The SMILES string of the molecule is Cc1ccc(N2CC[C@H]3OCCC[C@]3(COCC3CC3)C2)nn1. The Hall–Kier alpha value is -1.20. The summed E-state index contributed by atoms with van der Waals surface area (Å²) in [6, 6.07) is 4.13. The zero-order chi connectivity index (χ0) is 15.7. The number of aryl methyl sites for hydroxylation is 1. The van der Waals surface area contributed by atoms with Crippen molar-refractivity contribution in [2.45, 2.75) is 45.1 Å². The van der Waals surface area contributed by atoms with Crippen LogP contribution in [-0.2, 0) is 9.47 Å². The molecule has 1 aromatic heterocycles. The van der Waals surface area contributed by atoms with Gasteiger partial charge in [-0.15, -0.1) is 5.10 Å². The summed E-state index contributed by atoms with van der Waals surface area (Å²) in [5, 5.41) is 8.60. The van der Waals surface area contributed by atoms with E-state index in [4.69, 9.17) is 9.47 Å². The van der Waals surface area contributed by atoms with E-state index in [2.05, 4.69) is 21.2 Å². The fourth-order valence-electron chi connectivity index (χ4n) is 3.97. The monoisotopic (exact) mass is 317 g/mol. The van der Waals surface area contributed by atoms with Crippen molar-refractivity contribution in [3.05, 3.63) is 17.8 Å². The van der Waals surface area contributed by atoms with E-state index in [1.54, 1.807) is 0 Å². The van der Waals surface area contributed by atoms with Gasteiger partial charge in [-0.2, -0.15) is 5.10 Å². The molecule has 3 fully saturated rings. The van der Waals surface area contributed by atoms with Crippen molar-refractivity contribution < 1.29 is 9.47 Å². The molecule has 1 aliphatic carbocycles. The van der Waals surface area contributed by atoms with E-state index < -0.39 is 0 Å². The number of rotatable bonds is 5. The van der Waals surface area contributed by atoms with Crippen molar-refractivity contribution in [3.63, 3.8) is 0 Å². The first-order chi connectivity index (χ1) is 11.3. The number of hydrogen-bond donors (Lipinski definition) is 0. The summed E-state index contributed by atoms with van der Waals surface area (Å²) >= 11 is 0. The first-order valence-electron chi connectivity index (χ1n) is 9.00. The van der Waals surface area contributed by atoms with Crippen LogP contribution < -0.4 is 4.90 Å². The average molecular weight is 317 g/mol. The van der Waals surface area contributed by atoms with Gasteiger partial charge < -0.3 is 14.4 Å². The molecule has 5 heteroatoms. The average Bonchev–Trinajstić information content (AvgIpc) is 3.39. The third-order valence-corrected chi connectivity index (χ3v) is 5.54. The molecule has 1 aromatic rings. The van der Waals surface area contributed by atoms with Crippen molar-refractivity contribution in [2.24, 2.45) is 11.3 Å². The van der Waals surface area contributed by atoms with Crippen LogP contribution in [-0.4, -0.2) is 49.2 Å². The maximum Gasteiger partial charge on any atom is 0.151 e. The molecule has 1 saturated carbocycles. The van der Waals surface area contributed by atoms with Gasteiger partial charge in [-0.05, 0) is 57.1 Å². The Morgan fingerprint density at radius 3 is 3.00 bits per heavy atom. The van der Waals surface area contributed by atoms with Gasteiger partial charge in [0.25, 0.3) is 0 Å². The smallest absolute Gasteiger partial charge is 0.151 e. The van der Waals surface area contributed by atoms with Crippen LogP contribution in [0.3, 0.4) is 0 Å². The predicted octanol–water partition coefficient (Wildman–Crippen LogP) is 2.59. The molecule has 3 aliphatic rings. The Morgan fingerprint density at radius 2 is 2.22 bits per heavy atom. The van der Waals surface area contributed by atoms with Crippen molar-refractivity contribution in [1.29, 1.82) is 0 Å². The quantitative estimate of drug-likeness (QED) is 0.835. The molecule has 0 radical (unpaired) electrons. The summed E-state index contributed by atoms with van der Waals surface area (Å²) in [5.41, 5.74) is 1.09. The van der Waals surface area contributed by atoms with Crippen LogP contribution in [0.15, 0.2) is 12.1 Å². The lowest BCUT2D eigenvalue weighted by Crippen LogP contribution is -2.57. The molecule has 2 aliphatic heterocycles. The summed E-state index contributed by atoms with van der Waals surface area (Å²) in [5.74, 6) is 1.80. The first kappa shape index (κ1) is 15.3. The summed E-state index contributed by atoms with van der Waals surface area (Å²) in [7, 11) is 0. The largest absolute Gasteiger partial charge is 0.380 e. The van der Waals surface area contributed by atoms with Crippen molar-refractivity contribution in [1.82, 2.24) is 10.2 Å². The van der Waals surface area contributed by atoms with Crippen LogP contribution >= 0.6 is 0 Å². The van der Waals surface area contributed by atoms with Crippen molar-refractivity contribution in [3.8, 4) is 0 Å². The summed E-state index contributed by atoms with van der Waals surface area (Å²) in [6.07, 6.45) is 6.41. The number of fused-ring (bicyclic) bond motifs is 1. The Balaban J connectivity index is 1.47. The third-order valence-electron chi connectivity index (χ3n) is 5.54. The van der Waals surface area contributed by atoms with E-state index >= 15 is 0 Å². The van der Waals surface area contributed by atoms with E-state index in [0.29, 0.717) is 6.10 Å². The minimum Gasteiger partial charge on any atom is -0.380 e. The minimum atomic E-state index is 0.123. The lowest BCUT2D eigenvalue weighted by molar-refractivity contribution is -0.126. The highest BCUT2D eigenvalue weighted by atomic mass is 16.5. The normalized spacial score (nSPS) is 31.0. The van der Waals surface area contributed by atoms with E-state index in [9.17, 15) is 0 Å². The number of anilines is 1. The molecule has 5 nitrogen and oxygen atoms in total. The maximum absolute atomic E-state index is 6.12. The summed E-state index contributed by atoms with van der Waals surface area (Å²) in [6.45, 7) is 6.60. The van der Waals surface area contributed by atoms with Gasteiger partial charge in [-0.1, -0.05) is 0 Å². The zero-order valence-electron chi connectivity index (χ0n) is 14.0. The Bertz CT molecular complexity index is 532. The van der Waals surface area contributed by atoms with E-state index in [-0.39, 0.29) is 5.41 Å². The molecule has 0 amide bonds. The van der Waals surface area contributed by atoms with Crippen molar-refractivity contribution >= 4 is 5.82 Å². The number of piperidine rings is 1. The fourth-order valence-corrected chi connectivity index (χ4v) is 3.97. The minimum absolute atomic E-state index is 0.123. The second kappa shape index (κ2) is 6.36.